The van der Waals surface area contributed by atoms with Gasteiger partial charge in [-0.2, -0.15) is 0 Å². The summed E-state index contributed by atoms with van der Waals surface area (Å²) in [5.41, 5.74) is 0. The Morgan fingerprint density at radius 2 is 0.823 bits per heavy atom. The van der Waals surface area contributed by atoms with Crippen LogP contribution in [0.2, 0.25) is 0 Å². The molecule has 0 aliphatic carbocycles. The minimum Gasteiger partial charge on any atom is -0.479 e. The lowest BCUT2D eigenvalue weighted by Crippen LogP contribution is -2.61. The van der Waals surface area contributed by atoms with E-state index in [4.69, 9.17) is 23.7 Å². The monoisotopic (exact) mass is 1100 g/mol. The van der Waals surface area contributed by atoms with Crippen molar-refractivity contribution in [3.63, 3.8) is 0 Å². The molecule has 0 spiro atoms. The number of aliphatic hydroxyl groups excluding tert-OH is 2. The summed E-state index contributed by atoms with van der Waals surface area (Å²) in [5, 5.41) is 31.5. The Balaban J connectivity index is 2.70. The van der Waals surface area contributed by atoms with Gasteiger partial charge in [0.1, 0.15) is 18.8 Å². The van der Waals surface area contributed by atoms with E-state index in [1.807, 2.05) is 12.2 Å². The largest absolute Gasteiger partial charge is 0.479 e. The van der Waals surface area contributed by atoms with Gasteiger partial charge in [0.05, 0.1) is 6.61 Å². The Bertz CT molecular complexity index is 1790. The van der Waals surface area contributed by atoms with Crippen LogP contribution in [0, 0.1) is 0 Å². The van der Waals surface area contributed by atoms with E-state index in [0.29, 0.717) is 25.7 Å². The van der Waals surface area contributed by atoms with Crippen molar-refractivity contribution in [1.29, 1.82) is 0 Å². The lowest BCUT2D eigenvalue weighted by Gasteiger charge is -2.40. The molecule has 79 heavy (non-hydrogen) atoms. The highest BCUT2D eigenvalue weighted by Gasteiger charge is 2.50. The van der Waals surface area contributed by atoms with Crippen molar-refractivity contribution in [2.24, 2.45) is 0 Å². The van der Waals surface area contributed by atoms with E-state index in [9.17, 15) is 34.5 Å². The Kier molecular flexibility index (Phi) is 49.5. The Labute approximate surface area is 478 Å². The van der Waals surface area contributed by atoms with Crippen LogP contribution in [0.15, 0.2) is 109 Å². The van der Waals surface area contributed by atoms with Gasteiger partial charge in [-0.05, 0) is 109 Å². The molecular weight excluding hydrogens is 997 g/mol. The smallest absolute Gasteiger partial charge is 0.335 e. The molecule has 0 bridgehead atoms. The number of hydrogen-bond donors (Lipinski definition) is 3. The SMILES string of the molecule is CC/C=C\C/C=C\C/C=C\C/C=C\CCCCCCCCC(=O)OC1C(OCC(COC(=O)CCCCCCCCC/C=C\CCCCCCCC)OC(=O)CC/C=C\C/C=C\C/C=C\C/C=C\CC)OC(C(=O)O)C(O)C1O. The lowest BCUT2D eigenvalue weighted by molar-refractivity contribution is -0.301. The van der Waals surface area contributed by atoms with Crippen molar-refractivity contribution in [2.75, 3.05) is 13.2 Å². The molecule has 12 nitrogen and oxygen atoms in total. The van der Waals surface area contributed by atoms with Crippen LogP contribution in [-0.2, 0) is 42.9 Å². The van der Waals surface area contributed by atoms with Gasteiger partial charge in [0.2, 0.25) is 0 Å². The van der Waals surface area contributed by atoms with Gasteiger partial charge in [-0.1, -0.05) is 220 Å². The van der Waals surface area contributed by atoms with Crippen LogP contribution in [0.25, 0.3) is 0 Å². The topological polar surface area (TPSA) is 175 Å². The van der Waals surface area contributed by atoms with Crippen LogP contribution in [0.4, 0.5) is 0 Å². The Morgan fingerprint density at radius 3 is 1.28 bits per heavy atom. The van der Waals surface area contributed by atoms with E-state index >= 15 is 0 Å². The normalized spacial score (nSPS) is 18.6. The highest BCUT2D eigenvalue weighted by molar-refractivity contribution is 5.74. The van der Waals surface area contributed by atoms with Gasteiger partial charge in [0.15, 0.2) is 24.6 Å². The van der Waals surface area contributed by atoms with Crippen molar-refractivity contribution in [3.05, 3.63) is 109 Å². The number of carbonyl (C=O) groups is 4. The fourth-order valence-corrected chi connectivity index (χ4v) is 8.66. The van der Waals surface area contributed by atoms with Gasteiger partial charge < -0.3 is 39.0 Å². The summed E-state index contributed by atoms with van der Waals surface area (Å²) in [5.74, 6) is -3.26. The minimum atomic E-state index is -1.92. The van der Waals surface area contributed by atoms with Crippen LogP contribution in [0.3, 0.4) is 0 Å². The maximum absolute atomic E-state index is 13.1. The van der Waals surface area contributed by atoms with E-state index in [-0.39, 0.29) is 25.9 Å². The third-order valence-corrected chi connectivity index (χ3v) is 13.3. The van der Waals surface area contributed by atoms with Gasteiger partial charge in [-0.15, -0.1) is 0 Å². The van der Waals surface area contributed by atoms with Crippen molar-refractivity contribution in [2.45, 2.75) is 276 Å². The van der Waals surface area contributed by atoms with Gasteiger partial charge in [-0.3, -0.25) is 14.4 Å². The van der Waals surface area contributed by atoms with E-state index in [2.05, 4.69) is 118 Å². The zero-order chi connectivity index (χ0) is 57.5. The van der Waals surface area contributed by atoms with Crippen molar-refractivity contribution in [3.8, 4) is 0 Å². The number of allylic oxidation sites excluding steroid dienone is 18. The van der Waals surface area contributed by atoms with Crippen LogP contribution < -0.4 is 0 Å². The number of hydrogen-bond acceptors (Lipinski definition) is 11. The van der Waals surface area contributed by atoms with Crippen LogP contribution in [0.5, 0.6) is 0 Å². The summed E-state index contributed by atoms with van der Waals surface area (Å²) in [4.78, 5) is 51.2. The van der Waals surface area contributed by atoms with Gasteiger partial charge >= 0.3 is 23.9 Å². The third kappa shape index (κ3) is 43.8. The molecule has 1 heterocycles. The third-order valence-electron chi connectivity index (χ3n) is 13.3. The highest BCUT2D eigenvalue weighted by atomic mass is 16.7. The summed E-state index contributed by atoms with van der Waals surface area (Å²) in [6, 6.07) is 0. The zero-order valence-corrected chi connectivity index (χ0v) is 49.3. The predicted octanol–water partition coefficient (Wildman–Crippen LogP) is 16.2. The Hall–Kier alpha value is -4.62. The molecule has 1 fully saturated rings. The molecule has 1 aliphatic rings. The van der Waals surface area contributed by atoms with Gasteiger partial charge in [0.25, 0.3) is 0 Å². The van der Waals surface area contributed by atoms with Crippen molar-refractivity contribution in [1.82, 2.24) is 0 Å². The van der Waals surface area contributed by atoms with Crippen molar-refractivity contribution >= 4 is 23.9 Å². The summed E-state index contributed by atoms with van der Waals surface area (Å²) < 4.78 is 28.4. The predicted molar refractivity (Wildman–Crippen MR) is 321 cm³/mol. The number of carbonyl (C=O) groups excluding carboxylic acids is 3. The second kappa shape index (κ2) is 54.0. The van der Waals surface area contributed by atoms with E-state index in [1.165, 1.54) is 57.8 Å². The summed E-state index contributed by atoms with van der Waals surface area (Å²) >= 11 is 0. The molecule has 0 saturated carbocycles. The van der Waals surface area contributed by atoms with E-state index in [1.54, 1.807) is 0 Å². The first-order chi connectivity index (χ1) is 38.6. The maximum atomic E-state index is 13.1. The van der Waals surface area contributed by atoms with E-state index < -0.39 is 67.3 Å². The minimum absolute atomic E-state index is 0.0308. The number of carboxylic acid groups (broad SMARTS) is 1. The fourth-order valence-electron chi connectivity index (χ4n) is 8.66. The first-order valence-corrected chi connectivity index (χ1v) is 30.9. The van der Waals surface area contributed by atoms with Gasteiger partial charge in [-0.25, -0.2) is 4.79 Å². The molecule has 0 amide bonds. The fraction of sp³-hybridized carbons (Fsp3) is 0.672. The van der Waals surface area contributed by atoms with Crippen LogP contribution in [0.1, 0.15) is 239 Å². The molecule has 6 atom stereocenters. The second-order valence-corrected chi connectivity index (χ2v) is 20.6. The van der Waals surface area contributed by atoms with Crippen molar-refractivity contribution < 1.29 is 58.2 Å². The molecule has 3 N–H and O–H groups in total. The Morgan fingerprint density at radius 1 is 0.430 bits per heavy atom. The molecule has 0 radical (unpaired) electrons. The molecule has 0 aromatic carbocycles. The number of carboxylic acids is 1. The molecule has 0 aromatic rings. The molecule has 12 heteroatoms. The molecule has 1 rings (SSSR count). The maximum Gasteiger partial charge on any atom is 0.335 e. The second-order valence-electron chi connectivity index (χ2n) is 20.6. The number of ether oxygens (including phenoxy) is 5. The average molecular weight is 1110 g/mol. The molecule has 1 aliphatic heterocycles. The number of aliphatic hydroxyl groups is 2. The van der Waals surface area contributed by atoms with Crippen LogP contribution in [-0.4, -0.2) is 89.2 Å². The summed E-state index contributed by atoms with van der Waals surface area (Å²) in [7, 11) is 0. The quantitative estimate of drug-likeness (QED) is 0.0228. The standard InChI is InChI=1S/C67H108O12/c1-4-7-10-13-16-19-22-25-27-29-30-32-34-37-40-43-46-49-52-55-61(70)78-65-63(72)62(71)64(66(73)74)79-67(65)76-57-58(77-60(69)54-51-48-45-42-39-35-24-21-18-15-12-9-6-3)56-75-59(68)53-50-47-44-41-38-36-33-31-28-26-23-20-17-14-11-8-5-2/h7,9-10,12,16,18-19,21,25-28,30,32,35,39,45,48,58,62-65,67,71-72H,4-6,8,11,13-15,17,20,22-24,29,31,33-34,36-38,40-44,46-47,49-57H2,1-3H3,(H,73,74)/b10-7-,12-9-,19-16-,21-18-,27-25-,28-26-,32-30-,39-35-,48-45-. The van der Waals surface area contributed by atoms with Crippen LogP contribution >= 0.6 is 0 Å². The molecule has 448 valence electrons. The summed E-state index contributed by atoms with van der Waals surface area (Å²) in [6.07, 6.45) is 60.7. The molecule has 0 aromatic heterocycles. The number of rotatable bonds is 51. The van der Waals surface area contributed by atoms with E-state index in [0.717, 1.165) is 116 Å². The summed E-state index contributed by atoms with van der Waals surface area (Å²) in [6.45, 7) is 5.69. The number of aliphatic carboxylic acids is 1. The van der Waals surface area contributed by atoms with Gasteiger partial charge in [0, 0.05) is 19.3 Å². The first-order valence-electron chi connectivity index (χ1n) is 30.9. The lowest BCUT2D eigenvalue weighted by atomic mass is 9.98. The molecule has 1 saturated heterocycles. The molecular formula is C67H108O12. The number of unbranched alkanes of at least 4 members (excludes halogenated alkanes) is 19. The number of esters is 3. The molecule has 6 unspecified atom stereocenters. The first kappa shape index (κ1) is 72.4. The highest BCUT2D eigenvalue weighted by Crippen LogP contribution is 2.26. The zero-order valence-electron chi connectivity index (χ0n) is 49.3. The average Bonchev–Trinajstić information content (AvgIpc) is 3.46.